The maximum atomic E-state index is 12.1. The molecule has 1 saturated heterocycles. The molecule has 5 nitrogen and oxygen atoms in total. The molecule has 102 valence electrons. The van der Waals surface area contributed by atoms with Crippen LogP contribution in [0.5, 0.6) is 0 Å². The van der Waals surface area contributed by atoms with Crippen molar-refractivity contribution >= 4 is 11.9 Å². The second-order valence-electron chi connectivity index (χ2n) is 5.79. The van der Waals surface area contributed by atoms with Gasteiger partial charge < -0.3 is 10.1 Å². The third kappa shape index (κ3) is 2.66. The third-order valence-electron chi connectivity index (χ3n) is 3.90. The molecule has 18 heavy (non-hydrogen) atoms. The summed E-state index contributed by atoms with van der Waals surface area (Å²) in [7, 11) is 1.36. The van der Waals surface area contributed by atoms with Crippen molar-refractivity contribution in [1.29, 1.82) is 0 Å². The molecule has 0 radical (unpaired) electrons. The van der Waals surface area contributed by atoms with Crippen LogP contribution in [0.1, 0.15) is 39.5 Å². The summed E-state index contributed by atoms with van der Waals surface area (Å²) in [5.41, 5.74) is -0.0565. The monoisotopic (exact) mass is 254 g/mol. The highest BCUT2D eigenvalue weighted by Crippen LogP contribution is 2.38. The Morgan fingerprint density at radius 3 is 2.72 bits per heavy atom. The van der Waals surface area contributed by atoms with Crippen molar-refractivity contribution in [1.82, 2.24) is 10.2 Å². The molecule has 1 N–H and O–H groups in total. The molecule has 5 heteroatoms. The summed E-state index contributed by atoms with van der Waals surface area (Å²) in [6, 6.07) is 0.0564. The average molecular weight is 254 g/mol. The van der Waals surface area contributed by atoms with Gasteiger partial charge in [-0.05, 0) is 33.1 Å². The number of hydrogen-bond donors (Lipinski definition) is 1. The van der Waals surface area contributed by atoms with Gasteiger partial charge in [0, 0.05) is 18.1 Å². The SMILES string of the molecule is COC(=O)CC1C(=O)NCCC(C)(C)N1C1CC1. The van der Waals surface area contributed by atoms with Gasteiger partial charge in [-0.1, -0.05) is 0 Å². The Balaban J connectivity index is 2.23. The number of carbonyl (C=O) groups excluding carboxylic acids is 2. The zero-order valence-electron chi connectivity index (χ0n) is 11.4. The Morgan fingerprint density at radius 1 is 1.50 bits per heavy atom. The fourth-order valence-electron chi connectivity index (χ4n) is 2.82. The van der Waals surface area contributed by atoms with Crippen molar-refractivity contribution in [3.8, 4) is 0 Å². The van der Waals surface area contributed by atoms with Crippen molar-refractivity contribution in [2.75, 3.05) is 13.7 Å². The maximum absolute atomic E-state index is 12.1. The van der Waals surface area contributed by atoms with Crippen LogP contribution in [0.3, 0.4) is 0 Å². The summed E-state index contributed by atoms with van der Waals surface area (Å²) in [6.45, 7) is 4.97. The van der Waals surface area contributed by atoms with Crippen LogP contribution < -0.4 is 5.32 Å². The van der Waals surface area contributed by atoms with Gasteiger partial charge in [0.2, 0.25) is 5.91 Å². The van der Waals surface area contributed by atoms with Crippen LogP contribution in [-0.4, -0.2) is 48.1 Å². The smallest absolute Gasteiger partial charge is 0.307 e. The molecule has 0 aromatic rings. The molecule has 1 amide bonds. The highest BCUT2D eigenvalue weighted by molar-refractivity contribution is 5.87. The normalized spacial score (nSPS) is 28.4. The number of hydrogen-bond acceptors (Lipinski definition) is 4. The van der Waals surface area contributed by atoms with Gasteiger partial charge in [0.15, 0.2) is 0 Å². The van der Waals surface area contributed by atoms with Crippen LogP contribution in [0, 0.1) is 0 Å². The average Bonchev–Trinajstić information content (AvgIpc) is 3.10. The lowest BCUT2D eigenvalue weighted by molar-refractivity contribution is -0.145. The van der Waals surface area contributed by atoms with E-state index >= 15 is 0 Å². The minimum Gasteiger partial charge on any atom is -0.469 e. The topological polar surface area (TPSA) is 58.6 Å². The Kier molecular flexibility index (Phi) is 3.61. The first-order valence-electron chi connectivity index (χ1n) is 6.58. The van der Waals surface area contributed by atoms with Crippen LogP contribution in [0.2, 0.25) is 0 Å². The number of ether oxygens (including phenoxy) is 1. The minimum absolute atomic E-state index is 0.0436. The number of methoxy groups -OCH3 is 1. The maximum Gasteiger partial charge on any atom is 0.307 e. The van der Waals surface area contributed by atoms with E-state index in [1.807, 2.05) is 0 Å². The molecule has 1 aliphatic carbocycles. The molecule has 0 aromatic carbocycles. The van der Waals surface area contributed by atoms with E-state index in [1.165, 1.54) is 7.11 Å². The van der Waals surface area contributed by atoms with E-state index in [0.717, 1.165) is 19.3 Å². The van der Waals surface area contributed by atoms with Gasteiger partial charge in [-0.25, -0.2) is 0 Å². The van der Waals surface area contributed by atoms with Crippen LogP contribution in [0.25, 0.3) is 0 Å². The lowest BCUT2D eigenvalue weighted by atomic mass is 9.95. The predicted octanol–water partition coefficient (Wildman–Crippen LogP) is 0.681. The summed E-state index contributed by atoms with van der Waals surface area (Å²) in [4.78, 5) is 25.9. The van der Waals surface area contributed by atoms with Crippen molar-refractivity contribution in [3.05, 3.63) is 0 Å². The van der Waals surface area contributed by atoms with Crippen LogP contribution >= 0.6 is 0 Å². The number of carbonyl (C=O) groups is 2. The first-order chi connectivity index (χ1) is 8.45. The molecule has 0 spiro atoms. The standard InChI is InChI=1S/C13H22N2O3/c1-13(2)6-7-14-12(17)10(8-11(16)18-3)15(13)9-4-5-9/h9-10H,4-8H2,1-3H3,(H,14,17). The molecule has 1 aliphatic heterocycles. The molecule has 1 unspecified atom stereocenters. The second kappa shape index (κ2) is 4.88. The summed E-state index contributed by atoms with van der Waals surface area (Å²) in [5.74, 6) is -0.364. The van der Waals surface area contributed by atoms with E-state index < -0.39 is 0 Å². The quantitative estimate of drug-likeness (QED) is 0.753. The second-order valence-corrected chi connectivity index (χ2v) is 5.79. The Bertz CT molecular complexity index is 350. The molecule has 1 heterocycles. The molecule has 0 bridgehead atoms. The lowest BCUT2D eigenvalue weighted by Crippen LogP contribution is -2.54. The third-order valence-corrected chi connectivity index (χ3v) is 3.90. The first kappa shape index (κ1) is 13.3. The summed E-state index contributed by atoms with van der Waals surface area (Å²) in [6.07, 6.45) is 3.29. The van der Waals surface area contributed by atoms with Gasteiger partial charge in [0.1, 0.15) is 6.04 Å². The molecular formula is C13H22N2O3. The van der Waals surface area contributed by atoms with Crippen molar-refractivity contribution in [3.63, 3.8) is 0 Å². The van der Waals surface area contributed by atoms with Crippen LogP contribution in [0.15, 0.2) is 0 Å². The van der Waals surface area contributed by atoms with E-state index in [-0.39, 0.29) is 29.9 Å². The van der Waals surface area contributed by atoms with Gasteiger partial charge in [0.05, 0.1) is 13.5 Å². The Hall–Kier alpha value is -1.10. The molecular weight excluding hydrogens is 232 g/mol. The van der Waals surface area contributed by atoms with Gasteiger partial charge in [0.25, 0.3) is 0 Å². The number of esters is 1. The summed E-state index contributed by atoms with van der Waals surface area (Å²) in [5, 5.41) is 2.90. The van der Waals surface area contributed by atoms with E-state index in [0.29, 0.717) is 12.6 Å². The molecule has 2 fully saturated rings. The molecule has 0 aromatic heterocycles. The number of nitrogens with one attached hydrogen (secondary N) is 1. The molecule has 2 rings (SSSR count). The minimum atomic E-state index is -0.387. The van der Waals surface area contributed by atoms with Gasteiger partial charge in [-0.2, -0.15) is 0 Å². The van der Waals surface area contributed by atoms with E-state index in [4.69, 9.17) is 4.74 Å². The zero-order valence-corrected chi connectivity index (χ0v) is 11.4. The van der Waals surface area contributed by atoms with E-state index in [9.17, 15) is 9.59 Å². The highest BCUT2D eigenvalue weighted by Gasteiger charge is 2.47. The Morgan fingerprint density at radius 2 is 2.17 bits per heavy atom. The molecule has 1 saturated carbocycles. The number of amides is 1. The van der Waals surface area contributed by atoms with Gasteiger partial charge in [-0.15, -0.1) is 0 Å². The summed E-state index contributed by atoms with van der Waals surface area (Å²) < 4.78 is 4.71. The first-order valence-corrected chi connectivity index (χ1v) is 6.58. The predicted molar refractivity (Wildman–Crippen MR) is 67.0 cm³/mol. The van der Waals surface area contributed by atoms with E-state index in [2.05, 4.69) is 24.1 Å². The number of nitrogens with zero attached hydrogens (tertiary/aromatic N) is 1. The lowest BCUT2D eigenvalue weighted by Gasteiger charge is -2.40. The van der Waals surface area contributed by atoms with Gasteiger partial charge in [-0.3, -0.25) is 14.5 Å². The van der Waals surface area contributed by atoms with Crippen LogP contribution in [0.4, 0.5) is 0 Å². The van der Waals surface area contributed by atoms with Gasteiger partial charge >= 0.3 is 5.97 Å². The largest absolute Gasteiger partial charge is 0.469 e. The Labute approximate surface area is 108 Å². The van der Waals surface area contributed by atoms with E-state index in [1.54, 1.807) is 0 Å². The zero-order chi connectivity index (χ0) is 13.3. The summed E-state index contributed by atoms with van der Waals surface area (Å²) >= 11 is 0. The van der Waals surface area contributed by atoms with Crippen LogP contribution in [-0.2, 0) is 14.3 Å². The fraction of sp³-hybridized carbons (Fsp3) is 0.846. The van der Waals surface area contributed by atoms with Crippen molar-refractivity contribution < 1.29 is 14.3 Å². The number of rotatable bonds is 3. The molecule has 2 aliphatic rings. The van der Waals surface area contributed by atoms with Crippen molar-refractivity contribution in [2.24, 2.45) is 0 Å². The fourth-order valence-corrected chi connectivity index (χ4v) is 2.82. The molecule has 1 atom stereocenters. The van der Waals surface area contributed by atoms with Crippen molar-refractivity contribution in [2.45, 2.75) is 57.2 Å². The highest BCUT2D eigenvalue weighted by atomic mass is 16.5.